The molecule has 0 fully saturated rings. The predicted molar refractivity (Wildman–Crippen MR) is 63.9 cm³/mol. The first-order valence-electron chi connectivity index (χ1n) is 4.11. The van der Waals surface area contributed by atoms with Crippen LogP contribution in [-0.2, 0) is 0 Å². The van der Waals surface area contributed by atoms with Gasteiger partial charge in [-0.3, -0.25) is 0 Å². The Kier molecular flexibility index (Phi) is 5.96. The molecule has 0 atom stereocenters. The number of hydrogen-bond acceptors (Lipinski definition) is 3. The van der Waals surface area contributed by atoms with E-state index in [0.29, 0.717) is 6.42 Å². The van der Waals surface area contributed by atoms with Crippen molar-refractivity contribution in [1.82, 2.24) is 0 Å². The second kappa shape index (κ2) is 6.42. The van der Waals surface area contributed by atoms with E-state index in [9.17, 15) is 4.39 Å². The third kappa shape index (κ3) is 3.89. The Bertz CT molecular complexity index is 418. The van der Waals surface area contributed by atoms with E-state index in [0.717, 1.165) is 9.40 Å². The summed E-state index contributed by atoms with van der Waals surface area (Å²) >= 11 is 1.49. The molecule has 0 radical (unpaired) electrons. The summed E-state index contributed by atoms with van der Waals surface area (Å²) in [5.74, 6) is 0.197. The first kappa shape index (κ1) is 13.9. The van der Waals surface area contributed by atoms with Crippen LogP contribution in [-0.4, -0.2) is 11.0 Å². The average Bonchev–Trinajstić information content (AvgIpc) is 2.78. The van der Waals surface area contributed by atoms with Crippen molar-refractivity contribution >= 4 is 39.0 Å². The molecule has 0 aliphatic rings. The van der Waals surface area contributed by atoms with Gasteiger partial charge in [-0.25, -0.2) is 4.39 Å². The van der Waals surface area contributed by atoms with Crippen LogP contribution < -0.4 is 5.73 Å². The largest absolute Gasteiger partial charge is 0.409 e. The van der Waals surface area contributed by atoms with Gasteiger partial charge in [0.2, 0.25) is 0 Å². The summed E-state index contributed by atoms with van der Waals surface area (Å²) in [6.07, 6.45) is 0.608. The normalized spacial score (nSPS) is 10.7. The van der Waals surface area contributed by atoms with Gasteiger partial charge in [0.15, 0.2) is 0 Å². The molecule has 0 aromatic carbocycles. The van der Waals surface area contributed by atoms with Crippen molar-refractivity contribution in [2.75, 3.05) is 0 Å². The smallest absolute Gasteiger partial charge is 0.141 e. The highest BCUT2D eigenvalue weighted by Crippen LogP contribution is 2.26. The second-order valence-electron chi connectivity index (χ2n) is 2.64. The zero-order valence-electron chi connectivity index (χ0n) is 8.11. The molecular weight excluding hydrogens is 239 g/mol. The van der Waals surface area contributed by atoms with E-state index in [1.165, 1.54) is 11.3 Å². The first-order chi connectivity index (χ1) is 6.67. The number of benzene rings is 1. The van der Waals surface area contributed by atoms with Crippen molar-refractivity contribution < 1.29 is 9.60 Å². The molecule has 2 aromatic heterocycles. The minimum Gasteiger partial charge on any atom is -0.409 e. The van der Waals surface area contributed by atoms with Crippen molar-refractivity contribution in [2.45, 2.75) is 13.3 Å². The van der Waals surface area contributed by atoms with E-state index in [-0.39, 0.29) is 24.1 Å². The molecule has 0 unspecified atom stereocenters. The van der Waals surface area contributed by atoms with E-state index in [4.69, 9.17) is 10.9 Å². The summed E-state index contributed by atoms with van der Waals surface area (Å²) < 4.78 is 14.1. The molecule has 0 saturated carbocycles. The van der Waals surface area contributed by atoms with E-state index in [2.05, 4.69) is 5.16 Å². The van der Waals surface area contributed by atoms with Crippen LogP contribution >= 0.6 is 23.7 Å². The SMILES string of the molecule is CC/C(N)=N/O.Cl.Fc1cc2ccc1s2. The quantitative estimate of drug-likeness (QED) is 0.354. The number of oxime groups is 1. The maximum absolute atomic E-state index is 12.3. The van der Waals surface area contributed by atoms with Gasteiger partial charge in [0.25, 0.3) is 0 Å². The average molecular weight is 251 g/mol. The highest BCUT2D eigenvalue weighted by atomic mass is 35.5. The maximum atomic E-state index is 12.3. The van der Waals surface area contributed by atoms with Crippen molar-refractivity contribution in [2.24, 2.45) is 10.9 Å². The van der Waals surface area contributed by atoms with Crippen molar-refractivity contribution in [1.29, 1.82) is 0 Å². The summed E-state index contributed by atoms with van der Waals surface area (Å²) in [5, 5.41) is 10.5. The Morgan fingerprint density at radius 2 is 2.27 bits per heavy atom. The lowest BCUT2D eigenvalue weighted by molar-refractivity contribution is 0.317. The molecule has 0 saturated heterocycles. The lowest BCUT2D eigenvalue weighted by atomic mass is 10.4. The molecule has 2 heterocycles. The minimum atomic E-state index is -0.0764. The number of rotatable bonds is 1. The molecule has 2 rings (SSSR count). The lowest BCUT2D eigenvalue weighted by Crippen LogP contribution is -2.08. The molecule has 0 aliphatic heterocycles. The highest BCUT2D eigenvalue weighted by Gasteiger charge is 2.01. The predicted octanol–water partition coefficient (Wildman–Crippen LogP) is 3.04. The van der Waals surface area contributed by atoms with E-state index in [1.807, 2.05) is 13.0 Å². The van der Waals surface area contributed by atoms with Crippen LogP contribution in [0.2, 0.25) is 0 Å². The molecular formula is C9H12ClFN2OS. The fourth-order valence-corrected chi connectivity index (χ4v) is 1.67. The van der Waals surface area contributed by atoms with Gasteiger partial charge in [0.1, 0.15) is 11.7 Å². The molecule has 3 nitrogen and oxygen atoms in total. The summed E-state index contributed by atoms with van der Waals surface area (Å²) in [7, 11) is 0. The Hall–Kier alpha value is -1.07. The fourth-order valence-electron chi connectivity index (χ4n) is 0.826. The Balaban J connectivity index is 0.000000258. The summed E-state index contributed by atoms with van der Waals surface area (Å²) in [5.41, 5.74) is 4.97. The monoisotopic (exact) mass is 250 g/mol. The first-order valence-corrected chi connectivity index (χ1v) is 4.92. The third-order valence-electron chi connectivity index (χ3n) is 1.62. The topological polar surface area (TPSA) is 58.6 Å². The van der Waals surface area contributed by atoms with Gasteiger partial charge in [-0.2, -0.15) is 0 Å². The molecule has 0 aliphatic carbocycles. The number of amidine groups is 1. The third-order valence-corrected chi connectivity index (χ3v) is 2.66. The number of halogens is 2. The van der Waals surface area contributed by atoms with Crippen LogP contribution in [0.15, 0.2) is 23.4 Å². The van der Waals surface area contributed by atoms with Crippen LogP contribution in [0.5, 0.6) is 0 Å². The van der Waals surface area contributed by atoms with Crippen molar-refractivity contribution in [3.05, 3.63) is 24.0 Å². The molecule has 0 amide bonds. The van der Waals surface area contributed by atoms with Gasteiger partial charge < -0.3 is 10.9 Å². The number of thiophene rings is 2. The fraction of sp³-hybridized carbons (Fsp3) is 0.222. The molecule has 2 aromatic rings. The van der Waals surface area contributed by atoms with Crippen molar-refractivity contribution in [3.8, 4) is 0 Å². The zero-order chi connectivity index (χ0) is 10.6. The second-order valence-corrected chi connectivity index (χ2v) is 3.75. The van der Waals surface area contributed by atoms with E-state index >= 15 is 0 Å². The van der Waals surface area contributed by atoms with Gasteiger partial charge >= 0.3 is 0 Å². The van der Waals surface area contributed by atoms with Gasteiger partial charge in [0, 0.05) is 11.1 Å². The highest BCUT2D eigenvalue weighted by molar-refractivity contribution is 7.24. The Morgan fingerprint density at radius 1 is 1.60 bits per heavy atom. The minimum absolute atomic E-state index is 0. The Labute approximate surface area is 97.1 Å². The summed E-state index contributed by atoms with van der Waals surface area (Å²) in [6.45, 7) is 1.81. The standard InChI is InChI=1S/C6H3FS.C3H8N2O.ClH/c7-5-3-4-1-2-6(5)8-4;1-2-3(4)5-6;/h1-3H;6H,2H2,1H3,(H2,4,5);1H. The molecule has 6 heteroatoms. The van der Waals surface area contributed by atoms with Gasteiger partial charge in [-0.05, 0) is 18.2 Å². The number of fused-ring (bicyclic) bond motifs is 2. The maximum Gasteiger partial charge on any atom is 0.141 e. The summed E-state index contributed by atoms with van der Waals surface area (Å²) in [6, 6.07) is 5.28. The van der Waals surface area contributed by atoms with Crippen LogP contribution in [0.4, 0.5) is 4.39 Å². The lowest BCUT2D eigenvalue weighted by Gasteiger charge is -1.82. The van der Waals surface area contributed by atoms with Gasteiger partial charge in [0.05, 0.1) is 4.70 Å². The van der Waals surface area contributed by atoms with Crippen LogP contribution in [0.3, 0.4) is 0 Å². The van der Waals surface area contributed by atoms with Gasteiger partial charge in [-0.15, -0.1) is 23.7 Å². The molecule has 15 heavy (non-hydrogen) atoms. The molecule has 2 bridgehead atoms. The van der Waals surface area contributed by atoms with Crippen LogP contribution in [0.25, 0.3) is 9.40 Å². The molecule has 3 N–H and O–H groups in total. The summed E-state index contributed by atoms with van der Waals surface area (Å²) in [4.78, 5) is 0. The number of nitrogens with two attached hydrogens (primary N) is 1. The number of hydrogen-bond donors (Lipinski definition) is 2. The van der Waals surface area contributed by atoms with Crippen LogP contribution in [0.1, 0.15) is 13.3 Å². The molecule has 84 valence electrons. The van der Waals surface area contributed by atoms with E-state index < -0.39 is 0 Å². The Morgan fingerprint density at radius 3 is 2.40 bits per heavy atom. The van der Waals surface area contributed by atoms with E-state index in [1.54, 1.807) is 12.1 Å². The zero-order valence-corrected chi connectivity index (χ0v) is 9.74. The van der Waals surface area contributed by atoms with Crippen LogP contribution in [0, 0.1) is 5.82 Å². The number of nitrogens with zero attached hydrogens (tertiary/aromatic N) is 1. The molecule has 0 spiro atoms. The van der Waals surface area contributed by atoms with Crippen molar-refractivity contribution in [3.63, 3.8) is 0 Å². The van der Waals surface area contributed by atoms with Gasteiger partial charge in [-0.1, -0.05) is 12.1 Å².